The number of hydrogen-bond donors (Lipinski definition) is 1. The number of benzene rings is 2. The summed E-state index contributed by atoms with van der Waals surface area (Å²) in [4.78, 5) is 8.48. The molecular formula is C15H11Cl2KN3O2S+. The molecular weight excluding hydrogens is 396 g/mol. The van der Waals surface area contributed by atoms with Crippen molar-refractivity contribution in [3.63, 3.8) is 0 Å². The summed E-state index contributed by atoms with van der Waals surface area (Å²) in [5, 5.41) is 0.434. The molecule has 0 radical (unpaired) electrons. The summed E-state index contributed by atoms with van der Waals surface area (Å²) in [5.74, 6) is -0.0158. The Morgan fingerprint density at radius 2 is 1.62 bits per heavy atom. The van der Waals surface area contributed by atoms with Gasteiger partial charge in [0.25, 0.3) is 10.0 Å². The monoisotopic (exact) mass is 406 g/mol. The van der Waals surface area contributed by atoms with Crippen LogP contribution >= 0.6 is 23.2 Å². The molecule has 0 saturated carbocycles. The van der Waals surface area contributed by atoms with E-state index < -0.39 is 10.0 Å². The Morgan fingerprint density at radius 3 is 2.29 bits per heavy atom. The standard InChI is InChI=1S/C15H11Cl2N3O2S.K/c1-9-2-7-12-13(8-9)18-14(17)15(19-12)20-23(21,22)11-5-3-10(16)4-6-11;/h2-8H,1H3,(H,19,20);/q;+1. The number of hydrogen-bond acceptors (Lipinski definition) is 4. The van der Waals surface area contributed by atoms with Gasteiger partial charge in [-0.1, -0.05) is 29.3 Å². The third-order valence-corrected chi connectivity index (χ3v) is 5.00. The van der Waals surface area contributed by atoms with Crippen LogP contribution in [0.1, 0.15) is 5.56 Å². The molecule has 9 heteroatoms. The van der Waals surface area contributed by atoms with Crippen molar-refractivity contribution in [1.82, 2.24) is 9.97 Å². The fraction of sp³-hybridized carbons (Fsp3) is 0.0667. The first-order valence-corrected chi connectivity index (χ1v) is 8.81. The number of aryl methyl sites for hydroxylation is 1. The Morgan fingerprint density at radius 1 is 0.958 bits per heavy atom. The predicted octanol–water partition coefficient (Wildman–Crippen LogP) is 1.05. The van der Waals surface area contributed by atoms with Crippen LogP contribution in [0.3, 0.4) is 0 Å². The topological polar surface area (TPSA) is 72.0 Å². The van der Waals surface area contributed by atoms with Crippen LogP contribution in [0.4, 0.5) is 5.82 Å². The van der Waals surface area contributed by atoms with Crippen molar-refractivity contribution in [1.29, 1.82) is 0 Å². The summed E-state index contributed by atoms with van der Waals surface area (Å²) in [6, 6.07) is 11.2. The van der Waals surface area contributed by atoms with Crippen molar-refractivity contribution in [2.75, 3.05) is 4.72 Å². The van der Waals surface area contributed by atoms with Crippen LogP contribution in [0.15, 0.2) is 47.4 Å². The Bertz CT molecular complexity index is 996. The molecule has 5 nitrogen and oxygen atoms in total. The molecule has 0 aliphatic carbocycles. The van der Waals surface area contributed by atoms with E-state index in [0.29, 0.717) is 16.1 Å². The van der Waals surface area contributed by atoms with E-state index in [4.69, 9.17) is 23.2 Å². The smallest absolute Gasteiger partial charge is 0.261 e. The molecule has 1 aromatic heterocycles. The summed E-state index contributed by atoms with van der Waals surface area (Å²) >= 11 is 11.8. The second-order valence-electron chi connectivity index (χ2n) is 4.91. The van der Waals surface area contributed by atoms with Gasteiger partial charge in [0.15, 0.2) is 11.0 Å². The van der Waals surface area contributed by atoms with Crippen molar-refractivity contribution < 1.29 is 59.8 Å². The second-order valence-corrected chi connectivity index (χ2v) is 7.39. The fourth-order valence-corrected chi connectivity index (χ4v) is 3.38. The van der Waals surface area contributed by atoms with Crippen LogP contribution < -0.4 is 56.1 Å². The zero-order valence-corrected chi connectivity index (χ0v) is 18.4. The van der Waals surface area contributed by atoms with Crippen molar-refractivity contribution >= 4 is 50.1 Å². The van der Waals surface area contributed by atoms with Gasteiger partial charge in [-0.05, 0) is 48.9 Å². The number of anilines is 1. The van der Waals surface area contributed by atoms with E-state index in [2.05, 4.69) is 14.7 Å². The van der Waals surface area contributed by atoms with Gasteiger partial charge >= 0.3 is 51.4 Å². The van der Waals surface area contributed by atoms with Crippen molar-refractivity contribution in [3.05, 3.63) is 58.2 Å². The van der Waals surface area contributed by atoms with Crippen LogP contribution in [0, 0.1) is 6.92 Å². The summed E-state index contributed by atoms with van der Waals surface area (Å²) in [7, 11) is -3.82. The minimum Gasteiger partial charge on any atom is -0.261 e. The Balaban J connectivity index is 0.00000208. The molecule has 3 aromatic rings. The number of sulfonamides is 1. The molecule has 2 aromatic carbocycles. The molecule has 0 fully saturated rings. The van der Waals surface area contributed by atoms with E-state index in [-0.39, 0.29) is 67.3 Å². The normalized spacial score (nSPS) is 11.1. The van der Waals surface area contributed by atoms with E-state index >= 15 is 0 Å². The Kier molecular flexibility index (Phi) is 6.66. The van der Waals surface area contributed by atoms with Gasteiger partial charge < -0.3 is 0 Å². The zero-order chi connectivity index (χ0) is 16.6. The van der Waals surface area contributed by atoms with Crippen LogP contribution in [0.25, 0.3) is 11.0 Å². The number of aromatic nitrogens is 2. The maximum Gasteiger partial charge on any atom is 1.00 e. The van der Waals surface area contributed by atoms with Crippen molar-refractivity contribution in [2.24, 2.45) is 0 Å². The molecule has 0 spiro atoms. The summed E-state index contributed by atoms with van der Waals surface area (Å²) < 4.78 is 27.1. The summed E-state index contributed by atoms with van der Waals surface area (Å²) in [6.07, 6.45) is 0. The first-order chi connectivity index (χ1) is 10.8. The molecule has 0 unspecified atom stereocenters. The van der Waals surface area contributed by atoms with Crippen molar-refractivity contribution in [3.8, 4) is 0 Å². The van der Waals surface area contributed by atoms with Crippen molar-refractivity contribution in [2.45, 2.75) is 11.8 Å². The number of nitrogens with one attached hydrogen (secondary N) is 1. The van der Waals surface area contributed by atoms with Crippen LogP contribution in [-0.4, -0.2) is 18.4 Å². The quantitative estimate of drug-likeness (QED) is 0.659. The molecule has 0 saturated heterocycles. The van der Waals surface area contributed by atoms with E-state index in [9.17, 15) is 8.42 Å². The van der Waals surface area contributed by atoms with Gasteiger partial charge in [0.2, 0.25) is 0 Å². The van der Waals surface area contributed by atoms with Gasteiger partial charge in [-0.2, -0.15) is 0 Å². The molecule has 3 rings (SSSR count). The fourth-order valence-electron chi connectivity index (χ4n) is 2.01. The summed E-state index contributed by atoms with van der Waals surface area (Å²) in [6.45, 7) is 1.92. The average molecular weight is 407 g/mol. The molecule has 1 heterocycles. The number of nitrogens with zero attached hydrogens (tertiary/aromatic N) is 2. The average Bonchev–Trinajstić information content (AvgIpc) is 2.48. The molecule has 0 aliphatic rings. The Hall–Kier alpha value is -0.254. The number of fused-ring (bicyclic) bond motifs is 1. The van der Waals surface area contributed by atoms with Gasteiger partial charge in [0.1, 0.15) is 0 Å². The van der Waals surface area contributed by atoms with Gasteiger partial charge in [-0.15, -0.1) is 0 Å². The van der Waals surface area contributed by atoms with Gasteiger partial charge in [0.05, 0.1) is 15.9 Å². The van der Waals surface area contributed by atoms with E-state index in [1.165, 1.54) is 24.3 Å². The molecule has 0 aliphatic heterocycles. The zero-order valence-electron chi connectivity index (χ0n) is 12.9. The third-order valence-electron chi connectivity index (χ3n) is 3.13. The molecule has 0 atom stereocenters. The minimum atomic E-state index is -3.82. The molecule has 1 N–H and O–H groups in total. The van der Waals surface area contributed by atoms with Gasteiger partial charge in [-0.3, -0.25) is 4.72 Å². The molecule has 24 heavy (non-hydrogen) atoms. The first-order valence-electron chi connectivity index (χ1n) is 6.57. The van der Waals surface area contributed by atoms with Crippen LogP contribution in [-0.2, 0) is 10.0 Å². The molecule has 0 amide bonds. The van der Waals surface area contributed by atoms with E-state index in [1.54, 1.807) is 6.07 Å². The first kappa shape index (κ1) is 20.1. The van der Waals surface area contributed by atoms with Gasteiger partial charge in [-0.25, -0.2) is 18.4 Å². The van der Waals surface area contributed by atoms with E-state index in [1.807, 2.05) is 19.1 Å². The van der Waals surface area contributed by atoms with Crippen LogP contribution in [0.2, 0.25) is 10.2 Å². The number of halogens is 2. The van der Waals surface area contributed by atoms with E-state index in [0.717, 1.165) is 5.56 Å². The second kappa shape index (κ2) is 7.97. The molecule has 0 bridgehead atoms. The molecule has 118 valence electrons. The van der Waals surface area contributed by atoms with Crippen LogP contribution in [0.5, 0.6) is 0 Å². The number of rotatable bonds is 3. The Labute approximate surface area is 192 Å². The predicted molar refractivity (Wildman–Crippen MR) is 91.5 cm³/mol. The van der Waals surface area contributed by atoms with Gasteiger partial charge in [0, 0.05) is 5.02 Å². The SMILES string of the molecule is Cc1ccc2nc(NS(=O)(=O)c3ccc(Cl)cc3)c(Cl)nc2c1.[K+]. The summed E-state index contributed by atoms with van der Waals surface area (Å²) in [5.41, 5.74) is 2.16. The maximum atomic E-state index is 12.4. The maximum absolute atomic E-state index is 12.4. The third kappa shape index (κ3) is 4.47. The minimum absolute atomic E-state index is 0. The largest absolute Gasteiger partial charge is 1.00 e.